The minimum atomic E-state index is -4.36. The molecule has 0 saturated carbocycles. The fourth-order valence-electron chi connectivity index (χ4n) is 7.60. The molecule has 9 heteroatoms. The number of quaternary nitrogens is 1. The van der Waals surface area contributed by atoms with Crippen LogP contribution in [0.15, 0.2) is 134 Å². The van der Waals surface area contributed by atoms with Gasteiger partial charge in [-0.2, -0.15) is 0 Å². The maximum absolute atomic E-state index is 13.0. The highest BCUT2D eigenvalue weighted by Crippen LogP contribution is 2.43. The standard InChI is InChI=1S/C64H109N2O6P/c1-6-8-10-12-14-16-18-20-22-24-25-26-27-28-29-30-31-32-33-34-35-36-37-38-39-40-41-42-44-46-48-50-52-54-56-58-64(68)65-62(61-72-73(69,70)71-60-59-66(3,4)5)63(67)57-55-53-51-49-47-45-43-23-21-19-17-15-13-11-9-7-2/h8,10,14,16,20,22,25-26,28-29,31-32,34-35,37-38,40-41,44,46,55,57,62-63,67H,6-7,9,11-13,15,17-19,21,23-24,27,30,33,36,39,42-43,45,47-54,56,58-61H2,1-5H3,(H-,65,68,69,70)/p+1/b10-8-,16-14-,22-20-,26-25-,29-28-,32-31-,35-34-,38-37-,41-40-,46-44-,57-55+. The van der Waals surface area contributed by atoms with Gasteiger partial charge in [0, 0.05) is 6.42 Å². The Bertz CT molecular complexity index is 1640. The first kappa shape index (κ1) is 69.6. The Labute approximate surface area is 449 Å². The van der Waals surface area contributed by atoms with E-state index >= 15 is 0 Å². The van der Waals surface area contributed by atoms with Crippen molar-refractivity contribution < 1.29 is 32.9 Å². The first-order chi connectivity index (χ1) is 35.5. The van der Waals surface area contributed by atoms with Crippen LogP contribution in [0.3, 0.4) is 0 Å². The number of carbonyl (C=O) groups excluding carboxylic acids is 1. The number of allylic oxidation sites excluding steroid dienone is 21. The summed E-state index contributed by atoms with van der Waals surface area (Å²) in [6.07, 6.45) is 81.2. The van der Waals surface area contributed by atoms with Crippen molar-refractivity contribution in [3.63, 3.8) is 0 Å². The molecule has 8 nitrogen and oxygen atoms in total. The summed E-state index contributed by atoms with van der Waals surface area (Å²) in [7, 11) is 1.53. The predicted molar refractivity (Wildman–Crippen MR) is 318 cm³/mol. The first-order valence-corrected chi connectivity index (χ1v) is 30.6. The van der Waals surface area contributed by atoms with Crippen LogP contribution in [-0.2, 0) is 18.4 Å². The zero-order chi connectivity index (χ0) is 53.5. The van der Waals surface area contributed by atoms with Crippen molar-refractivity contribution in [2.75, 3.05) is 40.9 Å². The Hall–Kier alpha value is -3.36. The summed E-state index contributed by atoms with van der Waals surface area (Å²) in [5.74, 6) is -0.207. The van der Waals surface area contributed by atoms with Crippen LogP contribution in [-0.4, -0.2) is 73.4 Å². The molecule has 0 fully saturated rings. The van der Waals surface area contributed by atoms with E-state index in [1.165, 1.54) is 77.0 Å². The number of carbonyl (C=O) groups is 1. The maximum Gasteiger partial charge on any atom is 0.472 e. The zero-order valence-electron chi connectivity index (χ0n) is 47.3. The van der Waals surface area contributed by atoms with E-state index in [-0.39, 0.29) is 19.1 Å². The third-order valence-corrected chi connectivity index (χ3v) is 13.1. The number of hydrogen-bond donors (Lipinski definition) is 3. The molecule has 0 aliphatic rings. The molecule has 0 spiro atoms. The van der Waals surface area contributed by atoms with Gasteiger partial charge in [-0.25, -0.2) is 4.57 Å². The van der Waals surface area contributed by atoms with E-state index in [2.05, 4.69) is 141 Å². The highest BCUT2D eigenvalue weighted by atomic mass is 31.2. The van der Waals surface area contributed by atoms with Crippen LogP contribution in [0.5, 0.6) is 0 Å². The quantitative estimate of drug-likeness (QED) is 0.0243. The molecular weight excluding hydrogens is 924 g/mol. The van der Waals surface area contributed by atoms with Gasteiger partial charge >= 0.3 is 7.82 Å². The van der Waals surface area contributed by atoms with Crippen molar-refractivity contribution in [3.05, 3.63) is 134 Å². The maximum atomic E-state index is 13.0. The molecule has 3 atom stereocenters. The van der Waals surface area contributed by atoms with Crippen LogP contribution in [0, 0.1) is 0 Å². The van der Waals surface area contributed by atoms with Gasteiger partial charge in [0.25, 0.3) is 0 Å². The van der Waals surface area contributed by atoms with E-state index in [1.807, 2.05) is 27.2 Å². The van der Waals surface area contributed by atoms with Crippen molar-refractivity contribution in [2.45, 2.75) is 225 Å². The highest BCUT2D eigenvalue weighted by molar-refractivity contribution is 7.47. The van der Waals surface area contributed by atoms with E-state index in [0.29, 0.717) is 17.4 Å². The number of nitrogens with one attached hydrogen (secondary N) is 1. The summed E-state index contributed by atoms with van der Waals surface area (Å²) in [6.45, 7) is 4.67. The van der Waals surface area contributed by atoms with Crippen molar-refractivity contribution in [2.24, 2.45) is 0 Å². The second kappa shape index (κ2) is 53.5. The molecule has 0 bridgehead atoms. The van der Waals surface area contributed by atoms with Crippen LogP contribution < -0.4 is 5.32 Å². The van der Waals surface area contributed by atoms with Crippen LogP contribution >= 0.6 is 7.82 Å². The summed E-state index contributed by atoms with van der Waals surface area (Å²) in [5.41, 5.74) is 0. The van der Waals surface area contributed by atoms with Gasteiger partial charge in [0.1, 0.15) is 13.2 Å². The summed E-state index contributed by atoms with van der Waals surface area (Å²) in [6, 6.07) is -0.870. The van der Waals surface area contributed by atoms with Crippen LogP contribution in [0.25, 0.3) is 0 Å². The number of rotatable bonds is 51. The second-order valence-electron chi connectivity index (χ2n) is 20.3. The Balaban J connectivity index is 4.28. The topological polar surface area (TPSA) is 105 Å². The number of hydrogen-bond acceptors (Lipinski definition) is 5. The molecule has 0 aliphatic carbocycles. The van der Waals surface area contributed by atoms with Gasteiger partial charge in [0.2, 0.25) is 5.91 Å². The number of likely N-dealkylation sites (N-methyl/N-ethyl adjacent to an activating group) is 1. The number of phosphoric acid groups is 1. The molecule has 3 N–H and O–H groups in total. The molecular formula is C64H110N2O6P+. The number of amides is 1. The Morgan fingerprint density at radius 3 is 1.21 bits per heavy atom. The molecule has 0 aromatic carbocycles. The monoisotopic (exact) mass is 1030 g/mol. The zero-order valence-corrected chi connectivity index (χ0v) is 48.2. The largest absolute Gasteiger partial charge is 0.472 e. The van der Waals surface area contributed by atoms with E-state index in [9.17, 15) is 19.4 Å². The van der Waals surface area contributed by atoms with Gasteiger partial charge in [-0.1, -0.05) is 244 Å². The van der Waals surface area contributed by atoms with Gasteiger partial charge in [-0.15, -0.1) is 0 Å². The smallest absolute Gasteiger partial charge is 0.387 e. The van der Waals surface area contributed by atoms with Crippen LogP contribution in [0.4, 0.5) is 0 Å². The number of nitrogens with zero attached hydrogens (tertiary/aromatic N) is 1. The summed E-state index contributed by atoms with van der Waals surface area (Å²) in [5, 5.41) is 13.9. The van der Waals surface area contributed by atoms with E-state index < -0.39 is 20.0 Å². The Kier molecular flexibility index (Phi) is 51.0. The fourth-order valence-corrected chi connectivity index (χ4v) is 8.33. The van der Waals surface area contributed by atoms with Gasteiger partial charge in [-0.3, -0.25) is 13.8 Å². The number of unbranched alkanes of at least 4 members (excludes halogenated alkanes) is 18. The lowest BCUT2D eigenvalue weighted by atomic mass is 10.0. The molecule has 0 radical (unpaired) electrons. The highest BCUT2D eigenvalue weighted by Gasteiger charge is 2.27. The third kappa shape index (κ3) is 56.2. The predicted octanol–water partition coefficient (Wildman–Crippen LogP) is 17.9. The molecule has 73 heavy (non-hydrogen) atoms. The second-order valence-corrected chi connectivity index (χ2v) is 21.7. The molecule has 0 aliphatic heterocycles. The van der Waals surface area contributed by atoms with Gasteiger partial charge in [0.15, 0.2) is 0 Å². The number of aliphatic hydroxyl groups is 1. The molecule has 3 unspecified atom stereocenters. The summed E-state index contributed by atoms with van der Waals surface area (Å²) < 4.78 is 23.7. The minimum Gasteiger partial charge on any atom is -0.387 e. The fraction of sp³-hybridized carbons (Fsp3) is 0.641. The van der Waals surface area contributed by atoms with Gasteiger partial charge in [-0.05, 0) is 96.3 Å². The van der Waals surface area contributed by atoms with Crippen molar-refractivity contribution >= 4 is 13.7 Å². The third-order valence-electron chi connectivity index (χ3n) is 12.1. The molecule has 1 amide bonds. The van der Waals surface area contributed by atoms with Crippen molar-refractivity contribution in [1.82, 2.24) is 5.32 Å². The van der Waals surface area contributed by atoms with Crippen molar-refractivity contribution in [3.8, 4) is 0 Å². The lowest BCUT2D eigenvalue weighted by Gasteiger charge is -2.25. The summed E-state index contributed by atoms with van der Waals surface area (Å²) in [4.78, 5) is 23.3. The summed E-state index contributed by atoms with van der Waals surface area (Å²) >= 11 is 0. The first-order valence-electron chi connectivity index (χ1n) is 29.1. The minimum absolute atomic E-state index is 0.0490. The average Bonchev–Trinajstić information content (AvgIpc) is 3.35. The Morgan fingerprint density at radius 2 is 0.822 bits per heavy atom. The van der Waals surface area contributed by atoms with Crippen molar-refractivity contribution in [1.29, 1.82) is 0 Å². The van der Waals surface area contributed by atoms with Crippen LogP contribution in [0.1, 0.15) is 213 Å². The molecule has 0 heterocycles. The lowest BCUT2D eigenvalue weighted by molar-refractivity contribution is -0.870. The number of aliphatic hydroxyl groups excluding tert-OH is 1. The lowest BCUT2D eigenvalue weighted by Crippen LogP contribution is -2.45. The molecule has 416 valence electrons. The SMILES string of the molecule is CC/C=C\C/C=C\C/C=C\C/C=C\C/C=C\C/C=C\C/C=C\C/C=C\C/C=C\C/C=C\CCCCCCC(=O)NC(COP(=O)(O)OCC[N+](C)(C)C)C(O)/C=C/CCCCCCCCCCCCCCCC. The van der Waals surface area contributed by atoms with Gasteiger partial charge in [0.05, 0.1) is 39.9 Å². The van der Waals surface area contributed by atoms with E-state index in [1.54, 1.807) is 6.08 Å². The normalized spacial score (nSPS) is 14.9. The van der Waals surface area contributed by atoms with Crippen LogP contribution in [0.2, 0.25) is 0 Å². The van der Waals surface area contributed by atoms with Gasteiger partial charge < -0.3 is 19.8 Å². The molecule has 0 aromatic rings. The Morgan fingerprint density at radius 1 is 0.479 bits per heavy atom. The molecule has 0 saturated heterocycles. The van der Waals surface area contributed by atoms with E-state index in [0.717, 1.165) is 116 Å². The number of phosphoric ester groups is 1. The molecule has 0 rings (SSSR count). The average molecular weight is 1030 g/mol. The van der Waals surface area contributed by atoms with E-state index in [4.69, 9.17) is 9.05 Å². The molecule has 0 aromatic heterocycles.